The van der Waals surface area contributed by atoms with Gasteiger partial charge in [-0.25, -0.2) is 16.8 Å². The van der Waals surface area contributed by atoms with Gasteiger partial charge in [0.1, 0.15) is 34.7 Å². The molecule has 275 valence electrons. The Morgan fingerprint density at radius 1 is 0.725 bits per heavy atom. The number of aryl methyl sites for hydroxylation is 2. The molecule has 0 N–H and O–H groups in total. The van der Waals surface area contributed by atoms with Crippen molar-refractivity contribution in [2.24, 2.45) is 0 Å². The number of hydrogen-bond donors (Lipinski definition) is 0. The van der Waals surface area contributed by atoms with Gasteiger partial charge in [0, 0.05) is 76.8 Å². The summed E-state index contributed by atoms with van der Waals surface area (Å²) in [6.45, 7) is 4.34. The van der Waals surface area contributed by atoms with Gasteiger partial charge in [-0.3, -0.25) is 0 Å². The first-order valence-electron chi connectivity index (χ1n) is 15.8. The van der Waals surface area contributed by atoms with Crippen LogP contribution in [-0.2, 0) is 78.3 Å². The third kappa shape index (κ3) is 12.7. The maximum absolute atomic E-state index is 14.1. The van der Waals surface area contributed by atoms with Gasteiger partial charge in [0.2, 0.25) is 11.0 Å². The van der Waals surface area contributed by atoms with Crippen LogP contribution in [0.1, 0.15) is 22.3 Å². The van der Waals surface area contributed by atoms with Crippen LogP contribution in [0.2, 0.25) is 0 Å². The van der Waals surface area contributed by atoms with E-state index in [-0.39, 0.29) is 93.3 Å². The van der Waals surface area contributed by atoms with E-state index < -0.39 is 31.8 Å². The number of carbonyl (C=O) groups excluding carboxylic acids is 1. The van der Waals surface area contributed by atoms with Crippen molar-refractivity contribution in [2.75, 3.05) is 72.8 Å². The topological polar surface area (TPSA) is 182 Å². The van der Waals surface area contributed by atoms with Gasteiger partial charge in [0.25, 0.3) is 0 Å². The molecule has 0 aliphatic rings. The van der Waals surface area contributed by atoms with E-state index in [1.54, 1.807) is 74.2 Å². The molecule has 3 aromatic carbocycles. The standard InChI is InChI=1S/C34H42N2O12S2.Y/c1-25-5-9-28(10-6-25)50(41,42)35-34(37)33-29-23-26(47-20-18-45-16-14-43-2)7-11-31(29)36(13-4-22-49(38,39)40)32-12-8-27(24-30(32)33)48-21-19-46-17-15-44-3;/h5-12,23-24H,4,13-22H2,1-3H3,(H-,35,37,38,39,40);/p-1. The summed E-state index contributed by atoms with van der Waals surface area (Å²) in [6.07, 6.45) is -0.0195. The van der Waals surface area contributed by atoms with Gasteiger partial charge < -0.3 is 42.5 Å². The molecule has 0 saturated carbocycles. The number of pyridine rings is 1. The van der Waals surface area contributed by atoms with Crippen LogP contribution in [0.3, 0.4) is 0 Å². The number of benzene rings is 3. The SMILES string of the molecule is COCCOCCOc1ccc2c(c1)c(C(=O)[N-]S(=O)(=O)c1ccc(C)cc1)c1cc(OCCOCCOC)ccc1[n+]2CCCS(=O)(=O)[O-].[Y]. The van der Waals surface area contributed by atoms with Gasteiger partial charge in [-0.1, -0.05) is 17.7 Å². The second-order valence-electron chi connectivity index (χ2n) is 11.1. The molecule has 4 aromatic rings. The Labute approximate surface area is 323 Å². The average molecular weight is 823 g/mol. The number of aromatic nitrogens is 1. The maximum Gasteiger partial charge on any atom is 0.213 e. The fourth-order valence-corrected chi connectivity index (χ4v) is 6.45. The third-order valence-corrected chi connectivity index (χ3v) is 9.49. The van der Waals surface area contributed by atoms with Gasteiger partial charge in [-0.15, -0.1) is 0 Å². The van der Waals surface area contributed by atoms with E-state index >= 15 is 0 Å². The summed E-state index contributed by atoms with van der Waals surface area (Å²) in [5, 5.41) is 0.571. The molecule has 0 saturated heterocycles. The minimum atomic E-state index is -4.50. The molecular weight excluding hydrogens is 781 g/mol. The van der Waals surface area contributed by atoms with E-state index in [1.807, 2.05) is 0 Å². The number of carbonyl (C=O) groups is 1. The van der Waals surface area contributed by atoms with Gasteiger partial charge in [-0.05, 0) is 43.3 Å². The van der Waals surface area contributed by atoms with Crippen LogP contribution in [0.25, 0.3) is 26.5 Å². The van der Waals surface area contributed by atoms with E-state index in [9.17, 15) is 26.2 Å². The molecular formula is C34H41N2O12S2Y-. The molecule has 51 heavy (non-hydrogen) atoms. The van der Waals surface area contributed by atoms with E-state index in [4.69, 9.17) is 28.4 Å². The summed E-state index contributed by atoms with van der Waals surface area (Å²) >= 11 is 0. The van der Waals surface area contributed by atoms with Crippen LogP contribution < -0.4 is 14.0 Å². The smallest absolute Gasteiger partial charge is 0.213 e. The van der Waals surface area contributed by atoms with E-state index in [2.05, 4.69) is 4.72 Å². The normalized spacial score (nSPS) is 11.8. The number of methoxy groups -OCH3 is 2. The van der Waals surface area contributed by atoms with Gasteiger partial charge in [-0.2, -0.15) is 4.57 Å². The summed E-state index contributed by atoms with van der Waals surface area (Å²) in [5.41, 5.74) is 1.70. The molecule has 14 nitrogen and oxygen atoms in total. The Bertz CT molecular complexity index is 1900. The van der Waals surface area contributed by atoms with E-state index in [0.29, 0.717) is 49.0 Å². The van der Waals surface area contributed by atoms with Crippen molar-refractivity contribution in [3.8, 4) is 11.5 Å². The molecule has 1 radical (unpaired) electrons. The van der Waals surface area contributed by atoms with E-state index in [0.717, 1.165) is 5.56 Å². The van der Waals surface area contributed by atoms with Crippen molar-refractivity contribution in [1.29, 1.82) is 0 Å². The second kappa shape index (κ2) is 20.4. The predicted octanol–water partition coefficient (Wildman–Crippen LogP) is 3.51. The Morgan fingerprint density at radius 2 is 1.22 bits per heavy atom. The number of ether oxygens (including phenoxy) is 6. The zero-order valence-corrected chi connectivity index (χ0v) is 33.2. The molecule has 0 aliphatic heterocycles. The van der Waals surface area contributed by atoms with Gasteiger partial charge in [0.15, 0.2) is 6.54 Å². The molecule has 0 fully saturated rings. The Kier molecular flexibility index (Phi) is 17.1. The van der Waals surface area contributed by atoms with Crippen molar-refractivity contribution < 1.29 is 91.9 Å². The van der Waals surface area contributed by atoms with Crippen molar-refractivity contribution >= 4 is 47.9 Å². The zero-order chi connectivity index (χ0) is 36.1. The molecule has 4 rings (SSSR count). The second-order valence-corrected chi connectivity index (χ2v) is 14.2. The monoisotopic (exact) mass is 822 g/mol. The first-order valence-corrected chi connectivity index (χ1v) is 18.8. The first kappa shape index (κ1) is 42.6. The van der Waals surface area contributed by atoms with Crippen molar-refractivity contribution in [2.45, 2.75) is 24.8 Å². The van der Waals surface area contributed by atoms with Gasteiger partial charge in [0.05, 0.1) is 71.3 Å². The number of nitrogens with zero attached hydrogens (tertiary/aromatic N) is 2. The van der Waals surface area contributed by atoms with Crippen molar-refractivity contribution in [3.63, 3.8) is 0 Å². The minimum Gasteiger partial charge on any atom is -0.748 e. The summed E-state index contributed by atoms with van der Waals surface area (Å²) in [4.78, 5) is 14.0. The predicted molar refractivity (Wildman–Crippen MR) is 183 cm³/mol. The summed E-state index contributed by atoms with van der Waals surface area (Å²) < 4.78 is 99.3. The largest absolute Gasteiger partial charge is 0.748 e. The van der Waals surface area contributed by atoms with Crippen LogP contribution in [0, 0.1) is 6.92 Å². The molecule has 0 bridgehead atoms. The fraction of sp³-hybridized carbons (Fsp3) is 0.412. The molecule has 0 atom stereocenters. The summed E-state index contributed by atoms with van der Waals surface area (Å²) in [5.74, 6) is -0.925. The molecule has 1 amide bonds. The molecule has 1 aromatic heterocycles. The number of fused-ring (bicyclic) bond motifs is 2. The summed E-state index contributed by atoms with van der Waals surface area (Å²) in [7, 11) is -5.79. The van der Waals surface area contributed by atoms with E-state index in [1.165, 1.54) is 12.1 Å². The van der Waals surface area contributed by atoms with Crippen LogP contribution in [0.4, 0.5) is 0 Å². The zero-order valence-electron chi connectivity index (χ0n) is 28.7. The maximum atomic E-state index is 14.1. The average Bonchev–Trinajstić information content (AvgIpc) is 3.06. The van der Waals surface area contributed by atoms with Crippen LogP contribution in [0.5, 0.6) is 11.5 Å². The van der Waals surface area contributed by atoms with Crippen LogP contribution >= 0.6 is 0 Å². The molecule has 1 heterocycles. The van der Waals surface area contributed by atoms with Gasteiger partial charge >= 0.3 is 0 Å². The Morgan fingerprint density at radius 3 is 1.69 bits per heavy atom. The fourth-order valence-electron chi connectivity index (χ4n) is 5.07. The molecule has 0 spiro atoms. The number of amides is 1. The number of rotatable bonds is 21. The molecule has 0 aliphatic carbocycles. The molecule has 0 unspecified atom stereocenters. The van der Waals surface area contributed by atoms with Crippen molar-refractivity contribution in [1.82, 2.24) is 0 Å². The van der Waals surface area contributed by atoms with Crippen LogP contribution in [0.15, 0.2) is 65.6 Å². The Balaban J connectivity index is 0.00000702. The number of hydrogen-bond acceptors (Lipinski definition) is 12. The third-order valence-electron chi connectivity index (χ3n) is 7.42. The first-order chi connectivity index (χ1) is 23.9. The summed E-state index contributed by atoms with van der Waals surface area (Å²) in [6, 6.07) is 15.8. The quantitative estimate of drug-likeness (QED) is 0.0517. The minimum absolute atomic E-state index is 0. The Hall–Kier alpha value is -2.80. The molecule has 17 heteroatoms. The number of sulfonamides is 1. The van der Waals surface area contributed by atoms with Crippen molar-refractivity contribution in [3.05, 3.63) is 76.5 Å². The van der Waals surface area contributed by atoms with Crippen LogP contribution in [-0.4, -0.2) is 100 Å².